The van der Waals surface area contributed by atoms with Gasteiger partial charge in [-0.2, -0.15) is 5.26 Å². The van der Waals surface area contributed by atoms with Gasteiger partial charge >= 0.3 is 0 Å². The van der Waals surface area contributed by atoms with E-state index in [1.807, 2.05) is 54.7 Å². The molecule has 0 radical (unpaired) electrons. The molecule has 3 heterocycles. The van der Waals surface area contributed by atoms with Crippen LogP contribution in [-0.4, -0.2) is 9.55 Å². The van der Waals surface area contributed by atoms with E-state index in [1.54, 1.807) is 11.6 Å². The quantitative estimate of drug-likeness (QED) is 0.539. The summed E-state index contributed by atoms with van der Waals surface area (Å²) in [5, 5.41) is 11.5. The highest BCUT2D eigenvalue weighted by molar-refractivity contribution is 5.90. The largest absolute Gasteiger partial charge is 0.439 e. The molecule has 4 aromatic rings. The van der Waals surface area contributed by atoms with E-state index in [2.05, 4.69) is 11.1 Å². The summed E-state index contributed by atoms with van der Waals surface area (Å²) in [6, 6.07) is 17.5. The maximum Gasteiger partial charge on any atom is 0.258 e. The molecule has 6 heteroatoms. The summed E-state index contributed by atoms with van der Waals surface area (Å²) in [6.45, 7) is 0. The minimum absolute atomic E-state index is 0.0312. The zero-order valence-corrected chi connectivity index (χ0v) is 15.1. The number of H-pyrrole nitrogens is 1. The lowest BCUT2D eigenvalue weighted by Crippen LogP contribution is -2.31. The van der Waals surface area contributed by atoms with Crippen LogP contribution in [0.25, 0.3) is 21.8 Å². The summed E-state index contributed by atoms with van der Waals surface area (Å²) in [5.41, 5.74) is 9.11. The minimum Gasteiger partial charge on any atom is -0.439 e. The molecule has 2 aromatic heterocycles. The van der Waals surface area contributed by atoms with Crippen LogP contribution < -0.4 is 16.0 Å². The van der Waals surface area contributed by atoms with E-state index in [-0.39, 0.29) is 17.0 Å². The van der Waals surface area contributed by atoms with Gasteiger partial charge in [-0.15, -0.1) is 0 Å². The van der Waals surface area contributed by atoms with Gasteiger partial charge < -0.3 is 20.0 Å². The summed E-state index contributed by atoms with van der Waals surface area (Å²) in [4.78, 5) is 16.6. The van der Waals surface area contributed by atoms with Gasteiger partial charge in [0.2, 0.25) is 5.88 Å². The number of aromatic amines is 1. The van der Waals surface area contributed by atoms with Crippen LogP contribution in [0.5, 0.6) is 5.75 Å². The third kappa shape index (κ3) is 2.04. The number of hydrogen-bond donors (Lipinski definition) is 2. The lowest BCUT2D eigenvalue weighted by atomic mass is 9.83. The zero-order chi connectivity index (χ0) is 19.4. The maximum atomic E-state index is 13.3. The number of para-hydroxylation sites is 2. The van der Waals surface area contributed by atoms with Gasteiger partial charge in [0, 0.05) is 29.5 Å². The van der Waals surface area contributed by atoms with E-state index < -0.39 is 5.92 Å². The standard InChI is InChI=1S/C22H16N4O2/c1-26-17-9-5-3-7-13(17)20-19(22(26)27)18(14(10-23)21(24)28-20)15-11-25-16-8-4-2-6-12(15)16/h2-9,11,18,25H,24H2,1H3/t18-/m1/s1. The molecule has 0 aliphatic carbocycles. The second-order valence-electron chi connectivity index (χ2n) is 6.84. The van der Waals surface area contributed by atoms with Crippen LogP contribution in [0.4, 0.5) is 0 Å². The number of nitriles is 1. The van der Waals surface area contributed by atoms with E-state index in [4.69, 9.17) is 10.5 Å². The number of nitrogens with zero attached hydrogens (tertiary/aromatic N) is 2. The van der Waals surface area contributed by atoms with Gasteiger partial charge in [-0.3, -0.25) is 4.79 Å². The molecule has 2 aromatic carbocycles. The zero-order valence-electron chi connectivity index (χ0n) is 15.1. The molecule has 28 heavy (non-hydrogen) atoms. The van der Waals surface area contributed by atoms with Gasteiger partial charge in [0.05, 0.1) is 17.0 Å². The molecular formula is C22H16N4O2. The molecule has 0 saturated carbocycles. The Hall–Kier alpha value is -3.98. The fraction of sp³-hybridized carbons (Fsp3) is 0.0909. The number of fused-ring (bicyclic) bond motifs is 4. The van der Waals surface area contributed by atoms with Crippen molar-refractivity contribution in [1.29, 1.82) is 5.26 Å². The Labute approximate surface area is 160 Å². The average Bonchev–Trinajstić information content (AvgIpc) is 3.15. The number of benzene rings is 2. The van der Waals surface area contributed by atoms with E-state index in [1.165, 1.54) is 0 Å². The number of aryl methyl sites for hydroxylation is 1. The highest BCUT2D eigenvalue weighted by Crippen LogP contribution is 2.44. The Morgan fingerprint density at radius 2 is 1.86 bits per heavy atom. The van der Waals surface area contributed by atoms with E-state index in [0.29, 0.717) is 11.3 Å². The number of allylic oxidation sites excluding steroid dienone is 1. The predicted octanol–water partition coefficient (Wildman–Crippen LogP) is 3.24. The highest BCUT2D eigenvalue weighted by atomic mass is 16.5. The molecule has 0 amide bonds. The Kier molecular flexibility index (Phi) is 3.34. The third-order valence-corrected chi connectivity index (χ3v) is 5.40. The van der Waals surface area contributed by atoms with Crippen LogP contribution in [0, 0.1) is 11.3 Å². The lowest BCUT2D eigenvalue weighted by Gasteiger charge is -2.27. The molecule has 0 saturated heterocycles. The van der Waals surface area contributed by atoms with Crippen LogP contribution in [-0.2, 0) is 7.05 Å². The summed E-state index contributed by atoms with van der Waals surface area (Å²) in [6.07, 6.45) is 1.84. The molecule has 5 rings (SSSR count). The Balaban J connectivity index is 1.93. The van der Waals surface area contributed by atoms with Gasteiger partial charge in [0.25, 0.3) is 5.56 Å². The molecule has 1 aliphatic rings. The van der Waals surface area contributed by atoms with Gasteiger partial charge in [-0.05, 0) is 23.8 Å². The highest BCUT2D eigenvalue weighted by Gasteiger charge is 2.36. The van der Waals surface area contributed by atoms with Crippen molar-refractivity contribution >= 4 is 21.8 Å². The fourth-order valence-electron chi connectivity index (χ4n) is 4.07. The maximum absolute atomic E-state index is 13.3. The predicted molar refractivity (Wildman–Crippen MR) is 107 cm³/mol. The molecule has 1 aliphatic heterocycles. The van der Waals surface area contributed by atoms with Crippen molar-refractivity contribution in [3.63, 3.8) is 0 Å². The molecule has 3 N–H and O–H groups in total. The summed E-state index contributed by atoms with van der Waals surface area (Å²) in [5.74, 6) is -0.151. The Morgan fingerprint density at radius 3 is 2.64 bits per heavy atom. The topological polar surface area (TPSA) is 96.8 Å². The molecular weight excluding hydrogens is 352 g/mol. The number of rotatable bonds is 1. The molecule has 0 fully saturated rings. The van der Waals surface area contributed by atoms with E-state index in [9.17, 15) is 10.1 Å². The van der Waals surface area contributed by atoms with Gasteiger partial charge in [0.15, 0.2) is 0 Å². The summed E-state index contributed by atoms with van der Waals surface area (Å²) in [7, 11) is 1.73. The third-order valence-electron chi connectivity index (χ3n) is 5.40. The number of nitrogens with one attached hydrogen (secondary N) is 1. The number of nitrogens with two attached hydrogens (primary N) is 1. The van der Waals surface area contributed by atoms with Crippen molar-refractivity contribution in [2.75, 3.05) is 0 Å². The second-order valence-corrected chi connectivity index (χ2v) is 6.84. The molecule has 0 unspecified atom stereocenters. The Bertz CT molecular complexity index is 1400. The summed E-state index contributed by atoms with van der Waals surface area (Å²) < 4.78 is 7.43. The second kappa shape index (κ2) is 5.76. The molecule has 0 bridgehead atoms. The number of ether oxygens (including phenoxy) is 1. The SMILES string of the molecule is Cn1c(=O)c2c(c3ccccc31)OC(N)=C(C#N)[C@@H]2c1c[nH]c2ccccc12. The van der Waals surface area contributed by atoms with Crippen molar-refractivity contribution in [3.8, 4) is 11.8 Å². The van der Waals surface area contributed by atoms with Crippen LogP contribution in [0.2, 0.25) is 0 Å². The number of pyridine rings is 1. The van der Waals surface area contributed by atoms with E-state index >= 15 is 0 Å². The normalized spacial score (nSPS) is 16.1. The van der Waals surface area contributed by atoms with Crippen LogP contribution in [0.15, 0.2) is 71.0 Å². The number of hydrogen-bond acceptors (Lipinski definition) is 4. The first kappa shape index (κ1) is 16.2. The fourth-order valence-corrected chi connectivity index (χ4v) is 4.07. The van der Waals surface area contributed by atoms with Crippen molar-refractivity contribution in [2.45, 2.75) is 5.92 Å². The van der Waals surface area contributed by atoms with Crippen molar-refractivity contribution in [3.05, 3.63) is 87.7 Å². The van der Waals surface area contributed by atoms with E-state index in [0.717, 1.165) is 27.4 Å². The van der Waals surface area contributed by atoms with Crippen LogP contribution in [0.3, 0.4) is 0 Å². The van der Waals surface area contributed by atoms with Gasteiger partial charge in [-0.25, -0.2) is 0 Å². The first-order valence-electron chi connectivity index (χ1n) is 8.87. The van der Waals surface area contributed by atoms with Crippen LogP contribution in [0.1, 0.15) is 17.0 Å². The van der Waals surface area contributed by atoms with Gasteiger partial charge in [0.1, 0.15) is 17.4 Å². The minimum atomic E-state index is -0.604. The summed E-state index contributed by atoms with van der Waals surface area (Å²) >= 11 is 0. The monoisotopic (exact) mass is 368 g/mol. The molecule has 6 nitrogen and oxygen atoms in total. The first-order valence-corrected chi connectivity index (χ1v) is 8.87. The number of aromatic nitrogens is 2. The van der Waals surface area contributed by atoms with Crippen molar-refractivity contribution in [1.82, 2.24) is 9.55 Å². The molecule has 0 spiro atoms. The molecule has 1 atom stereocenters. The lowest BCUT2D eigenvalue weighted by molar-refractivity contribution is 0.396. The van der Waals surface area contributed by atoms with Crippen LogP contribution >= 0.6 is 0 Å². The van der Waals surface area contributed by atoms with Crippen molar-refractivity contribution in [2.24, 2.45) is 12.8 Å². The smallest absolute Gasteiger partial charge is 0.258 e. The van der Waals surface area contributed by atoms with Crippen molar-refractivity contribution < 1.29 is 4.74 Å². The van der Waals surface area contributed by atoms with Gasteiger partial charge in [-0.1, -0.05) is 30.3 Å². The molecule has 136 valence electrons. The average molecular weight is 368 g/mol. The Morgan fingerprint density at radius 1 is 1.14 bits per heavy atom. The first-order chi connectivity index (χ1) is 13.6.